The van der Waals surface area contributed by atoms with Crippen molar-refractivity contribution in [2.75, 3.05) is 11.9 Å². The van der Waals surface area contributed by atoms with Crippen molar-refractivity contribution in [3.8, 4) is 5.75 Å². The van der Waals surface area contributed by atoms with Crippen molar-refractivity contribution < 1.29 is 14.6 Å². The lowest BCUT2D eigenvalue weighted by atomic mass is 10.2. The van der Waals surface area contributed by atoms with Gasteiger partial charge in [-0.1, -0.05) is 0 Å². The van der Waals surface area contributed by atoms with E-state index in [1.807, 2.05) is 6.92 Å². The molecule has 0 fully saturated rings. The van der Waals surface area contributed by atoms with Crippen molar-refractivity contribution in [2.45, 2.75) is 13.5 Å². The number of amides is 1. The number of hydrogen-bond donors (Lipinski definition) is 2. The van der Waals surface area contributed by atoms with E-state index in [0.717, 1.165) is 0 Å². The van der Waals surface area contributed by atoms with Gasteiger partial charge in [0.15, 0.2) is 0 Å². The van der Waals surface area contributed by atoms with Crippen molar-refractivity contribution in [1.82, 2.24) is 9.78 Å². The Bertz CT molecular complexity index is 607. The topological polar surface area (TPSA) is 76.4 Å². The Morgan fingerprint density at radius 3 is 2.90 bits per heavy atom. The molecule has 6 heteroatoms. The maximum atomic E-state index is 12.0. The summed E-state index contributed by atoms with van der Waals surface area (Å²) in [5.41, 5.74) is 1.72. The van der Waals surface area contributed by atoms with Crippen LogP contribution in [-0.4, -0.2) is 27.4 Å². The number of aryl methyl sites for hydroxylation is 1. The second-order valence-corrected chi connectivity index (χ2v) is 4.27. The van der Waals surface area contributed by atoms with Crippen LogP contribution in [0.5, 0.6) is 5.75 Å². The van der Waals surface area contributed by atoms with Crippen LogP contribution < -0.4 is 10.1 Å². The summed E-state index contributed by atoms with van der Waals surface area (Å²) in [6, 6.07) is 5.16. The molecular weight excluding hydrogens is 258 g/mol. The quantitative estimate of drug-likeness (QED) is 0.868. The maximum Gasteiger partial charge on any atom is 0.258 e. The van der Waals surface area contributed by atoms with Crippen LogP contribution in [0.25, 0.3) is 0 Å². The number of nitrogens with one attached hydrogen (secondary N) is 1. The molecule has 0 aliphatic rings. The Hall–Kier alpha value is -2.34. The van der Waals surface area contributed by atoms with Gasteiger partial charge in [0, 0.05) is 24.5 Å². The van der Waals surface area contributed by atoms with E-state index >= 15 is 0 Å². The molecule has 0 saturated heterocycles. The van der Waals surface area contributed by atoms with Crippen LogP contribution in [0.2, 0.25) is 0 Å². The molecular formula is C14H17N3O3. The Kier molecular flexibility index (Phi) is 4.37. The third kappa shape index (κ3) is 3.16. The van der Waals surface area contributed by atoms with E-state index in [9.17, 15) is 9.90 Å². The summed E-state index contributed by atoms with van der Waals surface area (Å²) in [5.74, 6) is 0.375. The number of aliphatic hydroxyl groups excluding tert-OH is 1. The molecule has 0 atom stereocenters. The summed E-state index contributed by atoms with van der Waals surface area (Å²) in [6.07, 6.45) is 3.13. The molecule has 2 aromatic rings. The second-order valence-electron chi connectivity index (χ2n) is 4.27. The number of anilines is 1. The third-order valence-corrected chi connectivity index (χ3v) is 2.76. The Labute approximate surface area is 117 Å². The van der Waals surface area contributed by atoms with Gasteiger partial charge < -0.3 is 15.2 Å². The summed E-state index contributed by atoms with van der Waals surface area (Å²) in [7, 11) is 1.75. The fraction of sp³-hybridized carbons (Fsp3) is 0.286. The first-order chi connectivity index (χ1) is 9.63. The molecule has 0 bridgehead atoms. The predicted molar refractivity (Wildman–Crippen MR) is 74.7 cm³/mol. The van der Waals surface area contributed by atoms with Gasteiger partial charge in [0.25, 0.3) is 5.91 Å². The molecule has 2 N–H and O–H groups in total. The zero-order chi connectivity index (χ0) is 14.5. The molecule has 0 aliphatic carbocycles. The van der Waals surface area contributed by atoms with Gasteiger partial charge in [-0.2, -0.15) is 5.10 Å². The molecule has 0 aliphatic heterocycles. The van der Waals surface area contributed by atoms with Gasteiger partial charge in [-0.15, -0.1) is 0 Å². The molecule has 0 radical (unpaired) electrons. The zero-order valence-corrected chi connectivity index (χ0v) is 11.5. The largest absolute Gasteiger partial charge is 0.494 e. The highest BCUT2D eigenvalue weighted by Gasteiger charge is 2.10. The molecule has 0 saturated carbocycles. The van der Waals surface area contributed by atoms with E-state index in [1.165, 1.54) is 6.20 Å². The van der Waals surface area contributed by atoms with Crippen molar-refractivity contribution in [3.63, 3.8) is 0 Å². The molecule has 0 spiro atoms. The van der Waals surface area contributed by atoms with Crippen LogP contribution in [-0.2, 0) is 13.7 Å². The van der Waals surface area contributed by atoms with Crippen LogP contribution in [0.3, 0.4) is 0 Å². The van der Waals surface area contributed by atoms with Crippen LogP contribution in [0.1, 0.15) is 22.8 Å². The van der Waals surface area contributed by atoms with Crippen LogP contribution in [0.15, 0.2) is 30.6 Å². The highest BCUT2D eigenvalue weighted by Crippen LogP contribution is 2.23. The van der Waals surface area contributed by atoms with E-state index in [-0.39, 0.29) is 12.5 Å². The molecule has 1 aromatic heterocycles. The average molecular weight is 275 g/mol. The smallest absolute Gasteiger partial charge is 0.258 e. The highest BCUT2D eigenvalue weighted by molar-refractivity contribution is 6.04. The van der Waals surface area contributed by atoms with Crippen LogP contribution in [0, 0.1) is 0 Å². The summed E-state index contributed by atoms with van der Waals surface area (Å²) in [4.78, 5) is 12.0. The normalized spacial score (nSPS) is 10.3. The minimum absolute atomic E-state index is 0.147. The van der Waals surface area contributed by atoms with Gasteiger partial charge in [-0.3, -0.25) is 9.48 Å². The summed E-state index contributed by atoms with van der Waals surface area (Å²) in [5, 5.41) is 16.0. The average Bonchev–Trinajstić information content (AvgIpc) is 2.87. The van der Waals surface area contributed by atoms with Crippen molar-refractivity contribution in [2.24, 2.45) is 7.05 Å². The third-order valence-electron chi connectivity index (χ3n) is 2.76. The minimum atomic E-state index is -0.244. The van der Waals surface area contributed by atoms with Gasteiger partial charge in [0.2, 0.25) is 0 Å². The number of ether oxygens (including phenoxy) is 1. The van der Waals surface area contributed by atoms with Crippen molar-refractivity contribution in [1.29, 1.82) is 0 Å². The number of aromatic nitrogens is 2. The van der Waals surface area contributed by atoms with E-state index in [1.54, 1.807) is 36.1 Å². The molecule has 1 aromatic carbocycles. The molecule has 1 amide bonds. The monoisotopic (exact) mass is 275 g/mol. The number of hydrogen-bond acceptors (Lipinski definition) is 4. The lowest BCUT2D eigenvalue weighted by Crippen LogP contribution is -2.11. The first-order valence-corrected chi connectivity index (χ1v) is 6.30. The summed E-state index contributed by atoms with van der Waals surface area (Å²) < 4.78 is 6.95. The molecule has 2 rings (SSSR count). The predicted octanol–water partition coefficient (Wildman–Crippen LogP) is 1.56. The van der Waals surface area contributed by atoms with Gasteiger partial charge in [-0.05, 0) is 25.1 Å². The minimum Gasteiger partial charge on any atom is -0.494 e. The van der Waals surface area contributed by atoms with E-state index < -0.39 is 0 Å². The molecule has 20 heavy (non-hydrogen) atoms. The van der Waals surface area contributed by atoms with Gasteiger partial charge in [0.05, 0.1) is 25.0 Å². The number of benzene rings is 1. The van der Waals surface area contributed by atoms with E-state index in [0.29, 0.717) is 29.2 Å². The number of nitrogens with zero attached hydrogens (tertiary/aromatic N) is 2. The standard InChI is InChI=1S/C14H17N3O3/c1-3-20-13-5-4-12(6-10(13)9-18)16-14(19)11-7-15-17(2)8-11/h4-8,18H,3,9H2,1-2H3,(H,16,19). The Morgan fingerprint density at radius 1 is 1.50 bits per heavy atom. The SMILES string of the molecule is CCOc1ccc(NC(=O)c2cnn(C)c2)cc1CO. The van der Waals surface area contributed by atoms with Gasteiger partial charge >= 0.3 is 0 Å². The lowest BCUT2D eigenvalue weighted by molar-refractivity contribution is 0.102. The summed E-state index contributed by atoms with van der Waals surface area (Å²) in [6.45, 7) is 2.25. The summed E-state index contributed by atoms with van der Waals surface area (Å²) >= 11 is 0. The van der Waals surface area contributed by atoms with Crippen LogP contribution >= 0.6 is 0 Å². The van der Waals surface area contributed by atoms with Crippen molar-refractivity contribution >= 4 is 11.6 Å². The molecule has 6 nitrogen and oxygen atoms in total. The van der Waals surface area contributed by atoms with Crippen LogP contribution in [0.4, 0.5) is 5.69 Å². The Morgan fingerprint density at radius 2 is 2.30 bits per heavy atom. The number of carbonyl (C=O) groups is 1. The highest BCUT2D eigenvalue weighted by atomic mass is 16.5. The van der Waals surface area contributed by atoms with Gasteiger partial charge in [-0.25, -0.2) is 0 Å². The second kappa shape index (κ2) is 6.21. The molecule has 0 unspecified atom stereocenters. The molecule has 1 heterocycles. The first-order valence-electron chi connectivity index (χ1n) is 6.30. The van der Waals surface area contributed by atoms with Crippen molar-refractivity contribution in [3.05, 3.63) is 41.7 Å². The molecule has 106 valence electrons. The number of carbonyl (C=O) groups excluding carboxylic acids is 1. The lowest BCUT2D eigenvalue weighted by Gasteiger charge is -2.11. The van der Waals surface area contributed by atoms with E-state index in [4.69, 9.17) is 4.74 Å². The van der Waals surface area contributed by atoms with Gasteiger partial charge in [0.1, 0.15) is 5.75 Å². The number of rotatable bonds is 5. The maximum absolute atomic E-state index is 12.0. The number of aliphatic hydroxyl groups is 1. The van der Waals surface area contributed by atoms with E-state index in [2.05, 4.69) is 10.4 Å². The fourth-order valence-electron chi connectivity index (χ4n) is 1.82. The Balaban J connectivity index is 2.15. The zero-order valence-electron chi connectivity index (χ0n) is 11.5. The first kappa shape index (κ1) is 14.1. The fourth-order valence-corrected chi connectivity index (χ4v) is 1.82.